The second-order valence-electron chi connectivity index (χ2n) is 8.62. The molecule has 0 atom stereocenters. The molecular weight excluding hydrogens is 414 g/mol. The van der Waals surface area contributed by atoms with Gasteiger partial charge in [0.05, 0.1) is 0 Å². The highest BCUT2D eigenvalue weighted by Gasteiger charge is 2.10. The number of hydrogen-bond donors (Lipinski definition) is 0. The van der Waals surface area contributed by atoms with E-state index >= 15 is 0 Å². The van der Waals surface area contributed by atoms with Crippen LogP contribution in [0.1, 0.15) is 11.1 Å². The molecule has 0 aliphatic carbocycles. The second-order valence-corrected chi connectivity index (χ2v) is 8.62. The summed E-state index contributed by atoms with van der Waals surface area (Å²) in [7, 11) is 0. The maximum atomic E-state index is 5.96. The quantitative estimate of drug-likeness (QED) is 0.256. The Morgan fingerprint density at radius 3 is 1.82 bits per heavy atom. The van der Waals surface area contributed by atoms with Crippen molar-refractivity contribution in [2.45, 2.75) is 13.2 Å². The Labute approximate surface area is 199 Å². The lowest BCUT2D eigenvalue weighted by molar-refractivity contribution is 0.306. The van der Waals surface area contributed by atoms with Crippen molar-refractivity contribution in [3.8, 4) is 16.9 Å². The van der Waals surface area contributed by atoms with Gasteiger partial charge in [0, 0.05) is 28.4 Å². The molecule has 1 aromatic heterocycles. The third-order valence-electron chi connectivity index (χ3n) is 6.38. The number of nitrogens with zero attached hydrogens (tertiary/aromatic N) is 1. The highest BCUT2D eigenvalue weighted by molar-refractivity contribution is 6.08. The van der Waals surface area contributed by atoms with Crippen molar-refractivity contribution in [1.29, 1.82) is 0 Å². The molecule has 0 spiro atoms. The van der Waals surface area contributed by atoms with Crippen molar-refractivity contribution in [2.24, 2.45) is 0 Å². The minimum Gasteiger partial charge on any atom is -0.489 e. The summed E-state index contributed by atoms with van der Waals surface area (Å²) in [4.78, 5) is 0. The SMILES string of the molecule is c1ccc(COc2ccc(-c3cccc(Cn4c5ccccc5c5ccccc54)c3)cc2)cc1. The van der Waals surface area contributed by atoms with E-state index in [-0.39, 0.29) is 0 Å². The lowest BCUT2D eigenvalue weighted by Gasteiger charge is -2.11. The molecule has 6 aromatic rings. The minimum atomic E-state index is 0.578. The zero-order valence-electron chi connectivity index (χ0n) is 18.9. The van der Waals surface area contributed by atoms with Crippen LogP contribution < -0.4 is 4.74 Å². The zero-order chi connectivity index (χ0) is 22.7. The second kappa shape index (κ2) is 8.92. The van der Waals surface area contributed by atoms with Gasteiger partial charge in [-0.15, -0.1) is 0 Å². The van der Waals surface area contributed by atoms with Gasteiger partial charge < -0.3 is 9.30 Å². The van der Waals surface area contributed by atoms with Crippen molar-refractivity contribution in [1.82, 2.24) is 4.57 Å². The van der Waals surface area contributed by atoms with Gasteiger partial charge in [0.1, 0.15) is 12.4 Å². The topological polar surface area (TPSA) is 14.2 Å². The number of fused-ring (bicyclic) bond motifs is 3. The smallest absolute Gasteiger partial charge is 0.119 e. The van der Waals surface area contributed by atoms with Crippen LogP contribution in [0.5, 0.6) is 5.75 Å². The Kier molecular flexibility index (Phi) is 5.33. The van der Waals surface area contributed by atoms with Crippen molar-refractivity contribution in [2.75, 3.05) is 0 Å². The summed E-state index contributed by atoms with van der Waals surface area (Å²) in [6.07, 6.45) is 0. The maximum Gasteiger partial charge on any atom is 0.119 e. The van der Waals surface area contributed by atoms with E-state index in [0.29, 0.717) is 6.61 Å². The van der Waals surface area contributed by atoms with Crippen LogP contribution in [0.15, 0.2) is 127 Å². The molecule has 2 heteroatoms. The van der Waals surface area contributed by atoms with Crippen LogP contribution >= 0.6 is 0 Å². The average Bonchev–Trinajstić information content (AvgIpc) is 3.22. The van der Waals surface area contributed by atoms with Crippen LogP contribution in [0.3, 0.4) is 0 Å². The molecule has 5 aromatic carbocycles. The Hall–Kier alpha value is -4.30. The van der Waals surface area contributed by atoms with E-state index in [1.807, 2.05) is 18.2 Å². The molecule has 34 heavy (non-hydrogen) atoms. The molecular formula is C32H25NO. The lowest BCUT2D eigenvalue weighted by Crippen LogP contribution is -1.99. The first-order chi connectivity index (χ1) is 16.8. The van der Waals surface area contributed by atoms with Crippen molar-refractivity contribution < 1.29 is 4.74 Å². The van der Waals surface area contributed by atoms with Crippen molar-refractivity contribution in [3.05, 3.63) is 139 Å². The molecule has 0 aliphatic heterocycles. The van der Waals surface area contributed by atoms with Crippen LogP contribution in [0.4, 0.5) is 0 Å². The summed E-state index contributed by atoms with van der Waals surface area (Å²) in [5, 5.41) is 2.61. The molecule has 0 amide bonds. The lowest BCUT2D eigenvalue weighted by atomic mass is 10.0. The Bertz CT molecular complexity index is 1510. The molecule has 0 radical (unpaired) electrons. The number of hydrogen-bond acceptors (Lipinski definition) is 1. The summed E-state index contributed by atoms with van der Waals surface area (Å²) in [5.41, 5.74) is 7.41. The molecule has 2 nitrogen and oxygen atoms in total. The molecule has 0 unspecified atom stereocenters. The molecule has 0 aliphatic rings. The van der Waals surface area contributed by atoms with E-state index in [2.05, 4.69) is 114 Å². The Balaban J connectivity index is 1.26. The molecule has 164 valence electrons. The Morgan fingerprint density at radius 2 is 1.12 bits per heavy atom. The maximum absolute atomic E-state index is 5.96. The summed E-state index contributed by atoms with van der Waals surface area (Å²) < 4.78 is 8.38. The summed E-state index contributed by atoms with van der Waals surface area (Å²) in [6.45, 7) is 1.41. The summed E-state index contributed by atoms with van der Waals surface area (Å²) in [6, 6.07) is 44.8. The minimum absolute atomic E-state index is 0.578. The number of benzene rings is 5. The van der Waals surface area contributed by atoms with Crippen molar-refractivity contribution in [3.63, 3.8) is 0 Å². The zero-order valence-corrected chi connectivity index (χ0v) is 18.9. The number of rotatable bonds is 6. The fraction of sp³-hybridized carbons (Fsp3) is 0.0625. The van der Waals surface area contributed by atoms with Crippen LogP contribution in [0, 0.1) is 0 Å². The van der Waals surface area contributed by atoms with E-state index in [9.17, 15) is 0 Å². The van der Waals surface area contributed by atoms with Crippen LogP contribution in [-0.2, 0) is 13.2 Å². The van der Waals surface area contributed by atoms with Gasteiger partial charge in [0.2, 0.25) is 0 Å². The first kappa shape index (κ1) is 20.3. The van der Waals surface area contributed by atoms with Gasteiger partial charge in [0.15, 0.2) is 0 Å². The van der Waals surface area contributed by atoms with Gasteiger partial charge in [-0.25, -0.2) is 0 Å². The molecule has 0 N–H and O–H groups in total. The van der Waals surface area contributed by atoms with E-state index in [4.69, 9.17) is 4.74 Å². The monoisotopic (exact) mass is 439 g/mol. The Morgan fingerprint density at radius 1 is 0.500 bits per heavy atom. The molecule has 1 heterocycles. The van der Waals surface area contributed by atoms with Crippen LogP contribution in [0.25, 0.3) is 32.9 Å². The molecule has 0 bridgehead atoms. The third kappa shape index (κ3) is 3.95. The van der Waals surface area contributed by atoms with E-state index in [0.717, 1.165) is 12.3 Å². The normalized spacial score (nSPS) is 11.2. The first-order valence-corrected chi connectivity index (χ1v) is 11.7. The third-order valence-corrected chi connectivity index (χ3v) is 6.38. The van der Waals surface area contributed by atoms with E-state index < -0.39 is 0 Å². The number of aromatic nitrogens is 1. The first-order valence-electron chi connectivity index (χ1n) is 11.7. The predicted molar refractivity (Wildman–Crippen MR) is 141 cm³/mol. The fourth-order valence-corrected chi connectivity index (χ4v) is 4.69. The van der Waals surface area contributed by atoms with Gasteiger partial charge >= 0.3 is 0 Å². The number of ether oxygens (including phenoxy) is 1. The fourth-order valence-electron chi connectivity index (χ4n) is 4.69. The van der Waals surface area contributed by atoms with Crippen LogP contribution in [-0.4, -0.2) is 4.57 Å². The highest BCUT2D eigenvalue weighted by atomic mass is 16.5. The van der Waals surface area contributed by atoms with Crippen LogP contribution in [0.2, 0.25) is 0 Å². The van der Waals surface area contributed by atoms with Gasteiger partial charge in [0.25, 0.3) is 0 Å². The van der Waals surface area contributed by atoms with Gasteiger partial charge in [-0.1, -0.05) is 97.1 Å². The predicted octanol–water partition coefficient (Wildman–Crippen LogP) is 8.09. The van der Waals surface area contributed by atoms with E-state index in [1.54, 1.807) is 0 Å². The highest BCUT2D eigenvalue weighted by Crippen LogP contribution is 2.30. The summed E-state index contributed by atoms with van der Waals surface area (Å²) in [5.74, 6) is 0.883. The van der Waals surface area contributed by atoms with Gasteiger partial charge in [-0.05, 0) is 52.6 Å². The number of para-hydroxylation sites is 2. The van der Waals surface area contributed by atoms with Crippen molar-refractivity contribution >= 4 is 21.8 Å². The van der Waals surface area contributed by atoms with Gasteiger partial charge in [-0.3, -0.25) is 0 Å². The van der Waals surface area contributed by atoms with E-state index in [1.165, 1.54) is 44.1 Å². The largest absolute Gasteiger partial charge is 0.489 e. The standard InChI is InChI=1S/C32H25NO/c1-2-9-24(10-3-1)23-34-28-19-17-26(18-20-28)27-12-8-11-25(21-27)22-33-31-15-6-4-13-29(31)30-14-5-7-16-32(30)33/h1-21H,22-23H2. The molecule has 0 saturated heterocycles. The van der Waals surface area contributed by atoms with Gasteiger partial charge in [-0.2, -0.15) is 0 Å². The molecule has 0 fully saturated rings. The average molecular weight is 440 g/mol. The summed E-state index contributed by atoms with van der Waals surface area (Å²) >= 11 is 0. The molecule has 0 saturated carbocycles. The molecule has 6 rings (SSSR count).